The molecule has 13 heavy (non-hydrogen) atoms. The zero-order chi connectivity index (χ0) is 9.84. The zero-order valence-corrected chi connectivity index (χ0v) is 8.49. The van der Waals surface area contributed by atoms with Crippen LogP contribution >= 0.6 is 0 Å². The lowest BCUT2D eigenvalue weighted by molar-refractivity contribution is 0.292. The molecule has 0 amide bonds. The summed E-state index contributed by atoms with van der Waals surface area (Å²) in [6, 6.07) is 7.87. The molecule has 1 N–H and O–H groups in total. The molecule has 0 radical (unpaired) electrons. The highest BCUT2D eigenvalue weighted by molar-refractivity contribution is 5.27. The molecule has 0 saturated heterocycles. The molecule has 2 nitrogen and oxygen atoms in total. The number of benzene rings is 1. The number of aromatic hydroxyl groups is 1. The maximum absolute atomic E-state index is 9.14. The molecule has 2 heteroatoms. The molecule has 1 aromatic carbocycles. The zero-order valence-electron chi connectivity index (χ0n) is 8.49. The second-order valence-electron chi connectivity index (χ2n) is 3.48. The lowest BCUT2D eigenvalue weighted by Gasteiger charge is -2.23. The summed E-state index contributed by atoms with van der Waals surface area (Å²) in [5.74, 6) is 0.331. The van der Waals surface area contributed by atoms with Crippen molar-refractivity contribution in [2.75, 3.05) is 14.1 Å². The van der Waals surface area contributed by atoms with Crippen molar-refractivity contribution in [3.8, 4) is 5.75 Å². The molecular weight excluding hydrogens is 162 g/mol. The first kappa shape index (κ1) is 10.1. The first-order valence-electron chi connectivity index (χ1n) is 4.60. The van der Waals surface area contributed by atoms with Crippen molar-refractivity contribution in [1.29, 1.82) is 0 Å². The van der Waals surface area contributed by atoms with E-state index in [-0.39, 0.29) is 0 Å². The summed E-state index contributed by atoms with van der Waals surface area (Å²) in [6.45, 7) is 2.16. The number of rotatable bonds is 3. The molecule has 0 heterocycles. The Labute approximate surface area is 79.8 Å². The van der Waals surface area contributed by atoms with Crippen LogP contribution in [-0.2, 0) is 0 Å². The Morgan fingerprint density at radius 3 is 2.15 bits per heavy atom. The van der Waals surface area contributed by atoms with Crippen molar-refractivity contribution in [1.82, 2.24) is 4.90 Å². The van der Waals surface area contributed by atoms with Crippen molar-refractivity contribution in [2.24, 2.45) is 0 Å². The van der Waals surface area contributed by atoms with Gasteiger partial charge in [0.2, 0.25) is 0 Å². The minimum absolute atomic E-state index is 0.331. The van der Waals surface area contributed by atoms with Gasteiger partial charge in [-0.15, -0.1) is 0 Å². The fourth-order valence-electron chi connectivity index (χ4n) is 1.60. The normalized spacial score (nSPS) is 13.2. The fourth-order valence-corrected chi connectivity index (χ4v) is 1.60. The van der Waals surface area contributed by atoms with E-state index in [9.17, 15) is 0 Å². The van der Waals surface area contributed by atoms with Gasteiger partial charge in [0.15, 0.2) is 0 Å². The van der Waals surface area contributed by atoms with E-state index in [4.69, 9.17) is 5.11 Å². The molecule has 0 spiro atoms. The minimum Gasteiger partial charge on any atom is -0.508 e. The Kier molecular flexibility index (Phi) is 3.32. The van der Waals surface area contributed by atoms with Gasteiger partial charge in [-0.25, -0.2) is 0 Å². The van der Waals surface area contributed by atoms with Crippen LogP contribution in [0.2, 0.25) is 0 Å². The molecule has 0 aliphatic rings. The van der Waals surface area contributed by atoms with Gasteiger partial charge in [-0.1, -0.05) is 19.1 Å². The first-order chi connectivity index (χ1) is 6.15. The third kappa shape index (κ3) is 2.46. The van der Waals surface area contributed by atoms with Crippen LogP contribution in [0.3, 0.4) is 0 Å². The largest absolute Gasteiger partial charge is 0.508 e. The maximum atomic E-state index is 9.14. The van der Waals surface area contributed by atoms with Crippen LogP contribution < -0.4 is 0 Å². The van der Waals surface area contributed by atoms with Crippen LogP contribution in [0.25, 0.3) is 0 Å². The smallest absolute Gasteiger partial charge is 0.115 e. The Hall–Kier alpha value is -1.02. The minimum atomic E-state index is 0.331. The second-order valence-corrected chi connectivity index (χ2v) is 3.48. The Bertz CT molecular complexity index is 253. The molecule has 0 fully saturated rings. The van der Waals surface area contributed by atoms with E-state index in [1.807, 2.05) is 12.1 Å². The molecule has 1 unspecified atom stereocenters. The standard InChI is InChI=1S/C11H17NO/c1-4-11(12(2)3)9-5-7-10(13)8-6-9/h5-8,11,13H,4H2,1-3H3. The number of hydrogen-bond acceptors (Lipinski definition) is 2. The lowest BCUT2D eigenvalue weighted by Crippen LogP contribution is -2.18. The number of hydrogen-bond donors (Lipinski definition) is 1. The van der Waals surface area contributed by atoms with E-state index in [0.29, 0.717) is 11.8 Å². The van der Waals surface area contributed by atoms with E-state index >= 15 is 0 Å². The first-order valence-corrected chi connectivity index (χ1v) is 4.60. The van der Waals surface area contributed by atoms with Crippen molar-refractivity contribution in [2.45, 2.75) is 19.4 Å². The van der Waals surface area contributed by atoms with Gasteiger partial charge in [0.1, 0.15) is 5.75 Å². The van der Waals surface area contributed by atoms with Gasteiger partial charge in [0.25, 0.3) is 0 Å². The van der Waals surface area contributed by atoms with E-state index in [2.05, 4.69) is 25.9 Å². The second kappa shape index (κ2) is 4.28. The summed E-state index contributed by atoms with van der Waals surface area (Å²) >= 11 is 0. The van der Waals surface area contributed by atoms with Crippen molar-refractivity contribution in [3.63, 3.8) is 0 Å². The van der Waals surface area contributed by atoms with Gasteiger partial charge < -0.3 is 10.0 Å². The predicted molar refractivity (Wildman–Crippen MR) is 54.8 cm³/mol. The van der Waals surface area contributed by atoms with Crippen LogP contribution in [0.5, 0.6) is 5.75 Å². The predicted octanol–water partition coefficient (Wildman–Crippen LogP) is 2.40. The summed E-state index contributed by atoms with van der Waals surface area (Å²) < 4.78 is 0. The van der Waals surface area contributed by atoms with Crippen LogP contribution in [-0.4, -0.2) is 24.1 Å². The highest BCUT2D eigenvalue weighted by Gasteiger charge is 2.10. The molecular formula is C11H17NO. The van der Waals surface area contributed by atoms with Crippen LogP contribution in [0.1, 0.15) is 24.9 Å². The maximum Gasteiger partial charge on any atom is 0.115 e. The van der Waals surface area contributed by atoms with Gasteiger partial charge in [0, 0.05) is 6.04 Å². The molecule has 1 atom stereocenters. The van der Waals surface area contributed by atoms with Crippen LogP contribution in [0.15, 0.2) is 24.3 Å². The van der Waals surface area contributed by atoms with Gasteiger partial charge in [-0.3, -0.25) is 0 Å². The Morgan fingerprint density at radius 2 is 1.77 bits per heavy atom. The third-order valence-electron chi connectivity index (χ3n) is 2.29. The SMILES string of the molecule is CCC(c1ccc(O)cc1)N(C)C. The molecule has 0 bridgehead atoms. The van der Waals surface area contributed by atoms with Crippen molar-refractivity contribution < 1.29 is 5.11 Å². The summed E-state index contributed by atoms with van der Waals surface area (Å²) in [4.78, 5) is 2.19. The van der Waals surface area contributed by atoms with E-state index < -0.39 is 0 Å². The molecule has 72 valence electrons. The Balaban J connectivity index is 2.86. The van der Waals surface area contributed by atoms with E-state index in [1.54, 1.807) is 12.1 Å². The fraction of sp³-hybridized carbons (Fsp3) is 0.455. The lowest BCUT2D eigenvalue weighted by atomic mass is 10.0. The van der Waals surface area contributed by atoms with Gasteiger partial charge in [-0.05, 0) is 38.2 Å². The quantitative estimate of drug-likeness (QED) is 0.770. The molecule has 0 aliphatic heterocycles. The van der Waals surface area contributed by atoms with E-state index in [0.717, 1.165) is 6.42 Å². The molecule has 0 aromatic heterocycles. The highest BCUT2D eigenvalue weighted by Crippen LogP contribution is 2.22. The van der Waals surface area contributed by atoms with Crippen molar-refractivity contribution >= 4 is 0 Å². The monoisotopic (exact) mass is 179 g/mol. The molecule has 1 rings (SSSR count). The van der Waals surface area contributed by atoms with E-state index in [1.165, 1.54) is 5.56 Å². The Morgan fingerprint density at radius 1 is 1.23 bits per heavy atom. The van der Waals surface area contributed by atoms with Crippen LogP contribution in [0.4, 0.5) is 0 Å². The summed E-state index contributed by atoms with van der Waals surface area (Å²) in [5.41, 5.74) is 1.25. The number of phenols is 1. The molecule has 0 aliphatic carbocycles. The van der Waals surface area contributed by atoms with Crippen LogP contribution in [0, 0.1) is 0 Å². The topological polar surface area (TPSA) is 23.5 Å². The highest BCUT2D eigenvalue weighted by atomic mass is 16.3. The average Bonchev–Trinajstić information content (AvgIpc) is 2.09. The molecule has 1 aromatic rings. The average molecular weight is 179 g/mol. The number of phenolic OH excluding ortho intramolecular Hbond substituents is 1. The summed E-state index contributed by atoms with van der Waals surface area (Å²) in [6.07, 6.45) is 1.08. The third-order valence-corrected chi connectivity index (χ3v) is 2.29. The number of nitrogens with zero attached hydrogens (tertiary/aromatic N) is 1. The van der Waals surface area contributed by atoms with Crippen molar-refractivity contribution in [3.05, 3.63) is 29.8 Å². The summed E-state index contributed by atoms with van der Waals surface area (Å²) in [7, 11) is 4.14. The van der Waals surface area contributed by atoms with Gasteiger partial charge in [0.05, 0.1) is 0 Å². The molecule has 0 saturated carbocycles. The van der Waals surface area contributed by atoms with Gasteiger partial charge >= 0.3 is 0 Å². The van der Waals surface area contributed by atoms with Gasteiger partial charge in [-0.2, -0.15) is 0 Å². The summed E-state index contributed by atoms with van der Waals surface area (Å²) in [5, 5.41) is 9.14.